The minimum atomic E-state index is -0.665. The van der Waals surface area contributed by atoms with Crippen molar-refractivity contribution in [3.05, 3.63) is 33.7 Å². The van der Waals surface area contributed by atoms with Crippen LogP contribution in [0, 0.1) is 10.1 Å². The standard InChI is InChI=1S/C13H14N2O6/c1-4-19-13(16)11-10(7(2)3)14-12(21-11)8-5-6-9(20-8)15(17)18/h5-7H,4H2,1-3H3. The van der Waals surface area contributed by atoms with E-state index in [1.54, 1.807) is 6.92 Å². The Kier molecular flexibility index (Phi) is 4.06. The Hall–Kier alpha value is -2.64. The first kappa shape index (κ1) is 14.8. The topological polar surface area (TPSA) is 109 Å². The van der Waals surface area contributed by atoms with Gasteiger partial charge in [0.2, 0.25) is 5.76 Å². The summed E-state index contributed by atoms with van der Waals surface area (Å²) in [6, 6.07) is 2.56. The summed E-state index contributed by atoms with van der Waals surface area (Å²) in [6.45, 7) is 5.57. The quantitative estimate of drug-likeness (QED) is 0.473. The molecule has 0 aliphatic heterocycles. The van der Waals surface area contributed by atoms with Crippen LogP contribution in [-0.2, 0) is 4.74 Å². The van der Waals surface area contributed by atoms with Crippen molar-refractivity contribution in [3.63, 3.8) is 0 Å². The Morgan fingerprint density at radius 3 is 2.67 bits per heavy atom. The van der Waals surface area contributed by atoms with Crippen LogP contribution in [0.15, 0.2) is 21.0 Å². The summed E-state index contributed by atoms with van der Waals surface area (Å²) in [6.07, 6.45) is 0. The van der Waals surface area contributed by atoms with Gasteiger partial charge in [0.15, 0.2) is 5.76 Å². The van der Waals surface area contributed by atoms with Gasteiger partial charge in [-0.05, 0) is 18.9 Å². The van der Waals surface area contributed by atoms with Crippen molar-refractivity contribution in [2.45, 2.75) is 26.7 Å². The summed E-state index contributed by atoms with van der Waals surface area (Å²) in [5.41, 5.74) is 0.419. The van der Waals surface area contributed by atoms with Gasteiger partial charge in [-0.2, -0.15) is 0 Å². The molecule has 2 aromatic rings. The van der Waals surface area contributed by atoms with Crippen LogP contribution >= 0.6 is 0 Å². The van der Waals surface area contributed by atoms with Crippen molar-refractivity contribution < 1.29 is 23.3 Å². The number of aromatic nitrogens is 1. The molecule has 21 heavy (non-hydrogen) atoms. The van der Waals surface area contributed by atoms with Gasteiger partial charge in [0.05, 0.1) is 18.4 Å². The molecular formula is C13H14N2O6. The largest absolute Gasteiger partial charge is 0.460 e. The Morgan fingerprint density at radius 1 is 1.43 bits per heavy atom. The minimum absolute atomic E-state index is 0.00912. The van der Waals surface area contributed by atoms with E-state index in [0.717, 1.165) is 0 Å². The molecule has 8 heteroatoms. The fourth-order valence-corrected chi connectivity index (χ4v) is 1.71. The number of nitro groups is 1. The first-order valence-corrected chi connectivity index (χ1v) is 6.36. The lowest BCUT2D eigenvalue weighted by atomic mass is 10.1. The Labute approximate surface area is 119 Å². The van der Waals surface area contributed by atoms with E-state index in [-0.39, 0.29) is 29.9 Å². The van der Waals surface area contributed by atoms with E-state index in [1.165, 1.54) is 12.1 Å². The van der Waals surface area contributed by atoms with Crippen molar-refractivity contribution in [1.82, 2.24) is 4.98 Å². The lowest BCUT2D eigenvalue weighted by molar-refractivity contribution is -0.401. The highest BCUT2D eigenvalue weighted by atomic mass is 16.6. The molecule has 0 spiro atoms. The molecule has 0 saturated carbocycles. The molecule has 0 unspecified atom stereocenters. The number of furan rings is 1. The molecule has 2 aromatic heterocycles. The van der Waals surface area contributed by atoms with Crippen molar-refractivity contribution in [2.75, 3.05) is 6.61 Å². The average molecular weight is 294 g/mol. The van der Waals surface area contributed by atoms with Crippen LogP contribution in [0.2, 0.25) is 0 Å². The number of hydrogen-bond acceptors (Lipinski definition) is 7. The van der Waals surface area contributed by atoms with Crippen molar-refractivity contribution in [1.29, 1.82) is 0 Å². The second-order valence-electron chi connectivity index (χ2n) is 4.50. The van der Waals surface area contributed by atoms with Gasteiger partial charge in [-0.15, -0.1) is 0 Å². The number of carbonyl (C=O) groups excluding carboxylic acids is 1. The average Bonchev–Trinajstić information content (AvgIpc) is 3.05. The van der Waals surface area contributed by atoms with Gasteiger partial charge in [-0.25, -0.2) is 9.78 Å². The highest BCUT2D eigenvalue weighted by molar-refractivity contribution is 5.88. The first-order chi connectivity index (χ1) is 9.93. The summed E-state index contributed by atoms with van der Waals surface area (Å²) in [5.74, 6) is -1.05. The van der Waals surface area contributed by atoms with Crippen molar-refractivity contribution >= 4 is 11.9 Å². The van der Waals surface area contributed by atoms with Crippen LogP contribution in [-0.4, -0.2) is 22.5 Å². The predicted molar refractivity (Wildman–Crippen MR) is 70.9 cm³/mol. The third-order valence-electron chi connectivity index (χ3n) is 2.64. The van der Waals surface area contributed by atoms with E-state index < -0.39 is 16.8 Å². The second-order valence-corrected chi connectivity index (χ2v) is 4.50. The summed E-state index contributed by atoms with van der Waals surface area (Å²) in [7, 11) is 0. The summed E-state index contributed by atoms with van der Waals surface area (Å²) in [4.78, 5) is 25.9. The summed E-state index contributed by atoms with van der Waals surface area (Å²) >= 11 is 0. The highest BCUT2D eigenvalue weighted by Crippen LogP contribution is 2.30. The number of oxazole rings is 1. The number of esters is 1. The molecule has 2 heterocycles. The second kappa shape index (κ2) is 5.78. The van der Waals surface area contributed by atoms with Crippen LogP contribution < -0.4 is 0 Å². The van der Waals surface area contributed by atoms with E-state index >= 15 is 0 Å². The highest BCUT2D eigenvalue weighted by Gasteiger charge is 2.26. The zero-order chi connectivity index (χ0) is 15.6. The van der Waals surface area contributed by atoms with Crippen LogP contribution in [0.4, 0.5) is 5.88 Å². The number of nitrogens with zero attached hydrogens (tertiary/aromatic N) is 2. The SMILES string of the molecule is CCOC(=O)c1oc(-c2ccc([N+](=O)[O-])o2)nc1C(C)C. The third-order valence-corrected chi connectivity index (χ3v) is 2.64. The Balaban J connectivity index is 2.42. The lowest BCUT2D eigenvalue weighted by Crippen LogP contribution is -2.07. The number of hydrogen-bond donors (Lipinski definition) is 0. The molecule has 0 amide bonds. The zero-order valence-electron chi connectivity index (χ0n) is 11.8. The third kappa shape index (κ3) is 2.93. The van der Waals surface area contributed by atoms with Gasteiger partial charge in [-0.3, -0.25) is 10.1 Å². The minimum Gasteiger partial charge on any atom is -0.460 e. The molecule has 0 atom stereocenters. The maximum Gasteiger partial charge on any atom is 0.433 e. The van der Waals surface area contributed by atoms with Crippen LogP contribution in [0.25, 0.3) is 11.7 Å². The molecule has 0 radical (unpaired) electrons. The first-order valence-electron chi connectivity index (χ1n) is 6.36. The maximum absolute atomic E-state index is 11.8. The molecular weight excluding hydrogens is 280 g/mol. The smallest absolute Gasteiger partial charge is 0.433 e. The van der Waals surface area contributed by atoms with Crippen LogP contribution in [0.3, 0.4) is 0 Å². The van der Waals surface area contributed by atoms with Gasteiger partial charge in [0.1, 0.15) is 4.92 Å². The van der Waals surface area contributed by atoms with Crippen molar-refractivity contribution in [2.24, 2.45) is 0 Å². The maximum atomic E-state index is 11.8. The zero-order valence-corrected chi connectivity index (χ0v) is 11.8. The number of rotatable bonds is 5. The van der Waals surface area contributed by atoms with E-state index in [2.05, 4.69) is 4.98 Å². The molecule has 112 valence electrons. The fourth-order valence-electron chi connectivity index (χ4n) is 1.71. The monoisotopic (exact) mass is 294 g/mol. The lowest BCUT2D eigenvalue weighted by Gasteiger charge is -2.02. The molecule has 0 N–H and O–H groups in total. The van der Waals surface area contributed by atoms with Crippen LogP contribution in [0.1, 0.15) is 42.9 Å². The summed E-state index contributed by atoms with van der Waals surface area (Å²) < 4.78 is 15.3. The molecule has 0 aliphatic carbocycles. The predicted octanol–water partition coefficient (Wildman–Crippen LogP) is 3.14. The molecule has 0 aromatic carbocycles. The van der Waals surface area contributed by atoms with Crippen molar-refractivity contribution in [3.8, 4) is 11.7 Å². The Morgan fingerprint density at radius 2 is 2.14 bits per heavy atom. The number of carbonyl (C=O) groups is 1. The van der Waals surface area contributed by atoms with Gasteiger partial charge < -0.3 is 13.6 Å². The number of ether oxygens (including phenoxy) is 1. The summed E-state index contributed by atoms with van der Waals surface area (Å²) in [5, 5.41) is 10.6. The molecule has 0 bridgehead atoms. The molecule has 0 fully saturated rings. The normalized spacial score (nSPS) is 10.9. The fraction of sp³-hybridized carbons (Fsp3) is 0.385. The molecule has 0 aliphatic rings. The molecule has 0 saturated heterocycles. The van der Waals surface area contributed by atoms with E-state index in [4.69, 9.17) is 13.6 Å². The van der Waals surface area contributed by atoms with Gasteiger partial charge in [0, 0.05) is 0 Å². The van der Waals surface area contributed by atoms with E-state index in [9.17, 15) is 14.9 Å². The Bertz CT molecular complexity index is 670. The van der Waals surface area contributed by atoms with Gasteiger partial charge >= 0.3 is 11.9 Å². The van der Waals surface area contributed by atoms with E-state index in [1.807, 2.05) is 13.8 Å². The van der Waals surface area contributed by atoms with Crippen LogP contribution in [0.5, 0.6) is 0 Å². The van der Waals surface area contributed by atoms with Gasteiger partial charge in [-0.1, -0.05) is 13.8 Å². The molecule has 8 nitrogen and oxygen atoms in total. The van der Waals surface area contributed by atoms with E-state index in [0.29, 0.717) is 5.69 Å². The molecule has 2 rings (SSSR count). The van der Waals surface area contributed by atoms with Gasteiger partial charge in [0.25, 0.3) is 5.89 Å².